The summed E-state index contributed by atoms with van der Waals surface area (Å²) in [4.78, 5) is 0. The normalized spacial score (nSPS) is 16.5. The van der Waals surface area contributed by atoms with Crippen molar-refractivity contribution in [2.45, 2.75) is 39.0 Å². The number of hydrogen-bond donors (Lipinski definition) is 1. The van der Waals surface area contributed by atoms with E-state index >= 15 is 0 Å². The van der Waals surface area contributed by atoms with E-state index in [2.05, 4.69) is 34.2 Å². The van der Waals surface area contributed by atoms with Gasteiger partial charge in [-0.2, -0.15) is 0 Å². The Labute approximate surface area is 125 Å². The van der Waals surface area contributed by atoms with Crippen molar-refractivity contribution in [1.29, 1.82) is 0 Å². The van der Waals surface area contributed by atoms with E-state index in [-0.39, 0.29) is 0 Å². The average Bonchev–Trinajstić information content (AvgIpc) is 2.42. The van der Waals surface area contributed by atoms with Gasteiger partial charge in [-0.15, -0.1) is 0 Å². The van der Waals surface area contributed by atoms with Crippen LogP contribution in [0.25, 0.3) is 0 Å². The molecule has 106 valence electrons. The molecule has 0 unspecified atom stereocenters. The molecule has 0 spiro atoms. The van der Waals surface area contributed by atoms with Crippen LogP contribution in [-0.4, -0.2) is 19.7 Å². The smallest absolute Gasteiger partial charge is 0.122 e. The predicted octanol–water partition coefficient (Wildman–Crippen LogP) is 4.31. The second-order valence-corrected chi connectivity index (χ2v) is 6.38. The van der Waals surface area contributed by atoms with E-state index in [4.69, 9.17) is 4.74 Å². The summed E-state index contributed by atoms with van der Waals surface area (Å²) in [7, 11) is 0. The maximum Gasteiger partial charge on any atom is 0.122 e. The fourth-order valence-corrected chi connectivity index (χ4v) is 3.18. The van der Waals surface area contributed by atoms with Crippen molar-refractivity contribution in [3.8, 4) is 5.75 Å². The lowest BCUT2D eigenvalue weighted by molar-refractivity contribution is 0.293. The van der Waals surface area contributed by atoms with Crippen molar-refractivity contribution in [1.82, 2.24) is 5.32 Å². The quantitative estimate of drug-likeness (QED) is 0.787. The van der Waals surface area contributed by atoms with Gasteiger partial charge in [0.2, 0.25) is 0 Å². The lowest BCUT2D eigenvalue weighted by atomic mass is 9.89. The summed E-state index contributed by atoms with van der Waals surface area (Å²) in [5.74, 6) is 1.88. The highest BCUT2D eigenvalue weighted by Gasteiger charge is 2.12. The predicted molar refractivity (Wildman–Crippen MR) is 83.8 cm³/mol. The van der Waals surface area contributed by atoms with Crippen LogP contribution in [0.15, 0.2) is 22.7 Å². The van der Waals surface area contributed by atoms with Gasteiger partial charge in [-0.25, -0.2) is 0 Å². The molecule has 19 heavy (non-hydrogen) atoms. The average molecular weight is 326 g/mol. The van der Waals surface area contributed by atoms with Crippen LogP contribution in [0.4, 0.5) is 0 Å². The van der Waals surface area contributed by atoms with Crippen LogP contribution in [0.5, 0.6) is 5.75 Å². The van der Waals surface area contributed by atoms with Crippen molar-refractivity contribution >= 4 is 15.9 Å². The van der Waals surface area contributed by atoms with Gasteiger partial charge in [0.1, 0.15) is 12.4 Å². The van der Waals surface area contributed by atoms with Crippen LogP contribution >= 0.6 is 15.9 Å². The van der Waals surface area contributed by atoms with Crippen LogP contribution in [-0.2, 0) is 0 Å². The van der Waals surface area contributed by atoms with Crippen LogP contribution in [0.2, 0.25) is 0 Å². The van der Waals surface area contributed by atoms with E-state index in [9.17, 15) is 0 Å². The van der Waals surface area contributed by atoms with Gasteiger partial charge in [-0.05, 0) is 56.0 Å². The summed E-state index contributed by atoms with van der Waals surface area (Å²) in [6, 6.07) is 6.14. The van der Waals surface area contributed by atoms with E-state index in [0.717, 1.165) is 35.8 Å². The van der Waals surface area contributed by atoms with E-state index in [1.807, 2.05) is 12.1 Å². The summed E-state index contributed by atoms with van der Waals surface area (Å²) in [6.07, 6.45) is 7.07. The van der Waals surface area contributed by atoms with Crippen LogP contribution in [0.3, 0.4) is 0 Å². The topological polar surface area (TPSA) is 21.3 Å². The number of halogens is 1. The van der Waals surface area contributed by atoms with Gasteiger partial charge in [-0.3, -0.25) is 0 Å². The second-order valence-electron chi connectivity index (χ2n) is 5.47. The molecule has 3 heteroatoms. The maximum atomic E-state index is 5.80. The molecule has 0 heterocycles. The zero-order valence-electron chi connectivity index (χ0n) is 11.8. The molecule has 2 nitrogen and oxygen atoms in total. The molecule has 1 aliphatic carbocycles. The first-order valence-corrected chi connectivity index (χ1v) is 8.14. The highest BCUT2D eigenvalue weighted by atomic mass is 79.9. The fourth-order valence-electron chi connectivity index (χ4n) is 2.71. The fraction of sp³-hybridized carbons (Fsp3) is 0.625. The molecule has 0 amide bonds. The Morgan fingerprint density at radius 3 is 2.79 bits per heavy atom. The standard InChI is InChI=1S/C16H24BrNO/c1-13-11-15(17)7-8-16(13)19-10-9-18-12-14-5-3-2-4-6-14/h7-8,11,14,18H,2-6,9-10,12H2,1H3. The molecule has 1 saturated carbocycles. The minimum absolute atomic E-state index is 0.745. The number of nitrogens with one attached hydrogen (secondary N) is 1. The maximum absolute atomic E-state index is 5.80. The van der Waals surface area contributed by atoms with Gasteiger partial charge < -0.3 is 10.1 Å². The van der Waals surface area contributed by atoms with Crippen molar-refractivity contribution in [2.75, 3.05) is 19.7 Å². The lowest BCUT2D eigenvalue weighted by Crippen LogP contribution is -2.28. The summed E-state index contributed by atoms with van der Waals surface area (Å²) < 4.78 is 6.90. The largest absolute Gasteiger partial charge is 0.492 e. The van der Waals surface area contributed by atoms with Crippen LogP contribution in [0, 0.1) is 12.8 Å². The first kappa shape index (κ1) is 14.9. The Balaban J connectivity index is 1.61. The minimum Gasteiger partial charge on any atom is -0.492 e. The molecule has 0 saturated heterocycles. The number of ether oxygens (including phenoxy) is 1. The number of hydrogen-bond acceptors (Lipinski definition) is 2. The van der Waals surface area contributed by atoms with Gasteiger partial charge >= 0.3 is 0 Å². The van der Waals surface area contributed by atoms with E-state index in [1.54, 1.807) is 0 Å². The highest BCUT2D eigenvalue weighted by molar-refractivity contribution is 9.10. The Morgan fingerprint density at radius 1 is 1.26 bits per heavy atom. The molecule has 0 atom stereocenters. The second kappa shape index (κ2) is 7.91. The third kappa shape index (κ3) is 5.15. The SMILES string of the molecule is Cc1cc(Br)ccc1OCCNCC1CCCCC1. The summed E-state index contributed by atoms with van der Waals surface area (Å²) in [5, 5.41) is 3.52. The molecule has 0 bridgehead atoms. The molecule has 1 N–H and O–H groups in total. The lowest BCUT2D eigenvalue weighted by Gasteiger charge is -2.21. The van der Waals surface area contributed by atoms with Gasteiger partial charge in [0, 0.05) is 11.0 Å². The van der Waals surface area contributed by atoms with Crippen LogP contribution < -0.4 is 10.1 Å². The summed E-state index contributed by atoms with van der Waals surface area (Å²) in [6.45, 7) is 4.92. The third-order valence-electron chi connectivity index (χ3n) is 3.83. The number of aryl methyl sites for hydroxylation is 1. The minimum atomic E-state index is 0.745. The summed E-state index contributed by atoms with van der Waals surface area (Å²) >= 11 is 3.47. The monoisotopic (exact) mass is 325 g/mol. The summed E-state index contributed by atoms with van der Waals surface area (Å²) in [5.41, 5.74) is 1.18. The van der Waals surface area contributed by atoms with E-state index in [1.165, 1.54) is 37.7 Å². The van der Waals surface area contributed by atoms with E-state index < -0.39 is 0 Å². The zero-order valence-corrected chi connectivity index (χ0v) is 13.3. The number of rotatable bonds is 6. The molecule has 0 aliphatic heterocycles. The Morgan fingerprint density at radius 2 is 2.05 bits per heavy atom. The molecular formula is C16H24BrNO. The highest BCUT2D eigenvalue weighted by Crippen LogP contribution is 2.23. The first-order chi connectivity index (χ1) is 9.25. The van der Waals surface area contributed by atoms with Crippen molar-refractivity contribution in [2.24, 2.45) is 5.92 Å². The molecule has 1 aromatic rings. The molecular weight excluding hydrogens is 302 g/mol. The number of benzene rings is 1. The van der Waals surface area contributed by atoms with Crippen molar-refractivity contribution < 1.29 is 4.74 Å². The van der Waals surface area contributed by atoms with Gasteiger partial charge in [0.15, 0.2) is 0 Å². The molecule has 1 fully saturated rings. The molecule has 2 rings (SSSR count). The Kier molecular flexibility index (Phi) is 6.18. The van der Waals surface area contributed by atoms with Gasteiger partial charge in [-0.1, -0.05) is 35.2 Å². The molecule has 1 aromatic carbocycles. The molecule has 0 radical (unpaired) electrons. The molecule has 1 aliphatic rings. The zero-order chi connectivity index (χ0) is 13.5. The van der Waals surface area contributed by atoms with E-state index in [0.29, 0.717) is 0 Å². The van der Waals surface area contributed by atoms with Gasteiger partial charge in [0.25, 0.3) is 0 Å². The first-order valence-electron chi connectivity index (χ1n) is 7.35. The Hall–Kier alpha value is -0.540. The van der Waals surface area contributed by atoms with Gasteiger partial charge in [0.05, 0.1) is 0 Å². The van der Waals surface area contributed by atoms with Crippen LogP contribution in [0.1, 0.15) is 37.7 Å². The third-order valence-corrected chi connectivity index (χ3v) is 4.32. The Bertz CT molecular complexity index is 388. The van der Waals surface area contributed by atoms with Crippen molar-refractivity contribution in [3.05, 3.63) is 28.2 Å². The molecule has 0 aromatic heterocycles. The van der Waals surface area contributed by atoms with Crippen molar-refractivity contribution in [3.63, 3.8) is 0 Å².